The molecular formula is C33H26FN3O8S. The number of methoxy groups -OCH3 is 1. The number of nitrogens with zero attached hydrogens (tertiary/aromatic N) is 1. The van der Waals surface area contributed by atoms with Crippen molar-refractivity contribution in [2.75, 3.05) is 31.6 Å². The SMILES string of the molecule is CNC(=O)c1c(-c2ccc(F)cc2)oc2cc(NCS(C)(=O)=O)c(-c3ccc(OC)c(-c4nc5cc(C(=O)O)ccc5o4)c3)cc12. The molecule has 0 atom stereocenters. The molecule has 13 heteroatoms. The van der Waals surface area contributed by atoms with Crippen molar-refractivity contribution in [3.05, 3.63) is 89.7 Å². The van der Waals surface area contributed by atoms with E-state index in [1.807, 2.05) is 0 Å². The normalized spacial score (nSPS) is 11.6. The minimum absolute atomic E-state index is 0.0509. The second-order valence-corrected chi connectivity index (χ2v) is 12.6. The van der Waals surface area contributed by atoms with E-state index in [2.05, 4.69) is 15.6 Å². The third-order valence-electron chi connectivity index (χ3n) is 7.29. The summed E-state index contributed by atoms with van der Waals surface area (Å²) < 4.78 is 55.7. The van der Waals surface area contributed by atoms with Gasteiger partial charge in [-0.05, 0) is 66.2 Å². The zero-order valence-corrected chi connectivity index (χ0v) is 25.5. The first-order valence-corrected chi connectivity index (χ1v) is 15.8. The quantitative estimate of drug-likeness (QED) is 0.166. The average molecular weight is 644 g/mol. The van der Waals surface area contributed by atoms with Crippen LogP contribution in [-0.2, 0) is 9.84 Å². The van der Waals surface area contributed by atoms with Gasteiger partial charge in [0.05, 0.1) is 23.8 Å². The molecule has 46 heavy (non-hydrogen) atoms. The molecule has 0 aliphatic heterocycles. The summed E-state index contributed by atoms with van der Waals surface area (Å²) in [6.07, 6.45) is 1.09. The number of nitrogens with one attached hydrogen (secondary N) is 2. The van der Waals surface area contributed by atoms with Crippen molar-refractivity contribution in [3.8, 4) is 39.7 Å². The fraction of sp³-hybridized carbons (Fsp3) is 0.121. The molecule has 0 aliphatic rings. The summed E-state index contributed by atoms with van der Waals surface area (Å²) in [4.78, 5) is 29.2. The highest BCUT2D eigenvalue weighted by Gasteiger charge is 2.25. The molecule has 1 amide bonds. The van der Waals surface area contributed by atoms with Gasteiger partial charge in [-0.25, -0.2) is 22.6 Å². The van der Waals surface area contributed by atoms with Crippen LogP contribution in [0, 0.1) is 5.82 Å². The summed E-state index contributed by atoms with van der Waals surface area (Å²) in [5, 5.41) is 15.4. The Labute approximate surface area is 261 Å². The number of sulfone groups is 1. The van der Waals surface area contributed by atoms with Crippen LogP contribution in [0.1, 0.15) is 20.7 Å². The largest absolute Gasteiger partial charge is 0.496 e. The molecule has 11 nitrogen and oxygen atoms in total. The number of aromatic nitrogens is 1. The van der Waals surface area contributed by atoms with Crippen molar-refractivity contribution in [3.63, 3.8) is 0 Å². The minimum Gasteiger partial charge on any atom is -0.496 e. The van der Waals surface area contributed by atoms with Gasteiger partial charge in [-0.1, -0.05) is 6.07 Å². The van der Waals surface area contributed by atoms with E-state index in [-0.39, 0.29) is 28.7 Å². The van der Waals surface area contributed by atoms with Crippen molar-refractivity contribution >= 4 is 49.5 Å². The zero-order chi connectivity index (χ0) is 32.7. The van der Waals surface area contributed by atoms with Crippen molar-refractivity contribution in [1.29, 1.82) is 0 Å². The molecule has 234 valence electrons. The van der Waals surface area contributed by atoms with Gasteiger partial charge in [-0.15, -0.1) is 0 Å². The Balaban J connectivity index is 1.57. The molecule has 2 heterocycles. The number of benzene rings is 4. The van der Waals surface area contributed by atoms with E-state index in [0.717, 1.165) is 6.26 Å². The topological polar surface area (TPSA) is 161 Å². The van der Waals surface area contributed by atoms with E-state index in [1.165, 1.54) is 56.6 Å². The van der Waals surface area contributed by atoms with E-state index in [4.69, 9.17) is 13.6 Å². The summed E-state index contributed by atoms with van der Waals surface area (Å²) in [5.74, 6) is -1.60. The lowest BCUT2D eigenvalue weighted by Gasteiger charge is -2.14. The van der Waals surface area contributed by atoms with Crippen LogP contribution in [0.15, 0.2) is 81.6 Å². The lowest BCUT2D eigenvalue weighted by molar-refractivity contribution is 0.0696. The Bertz CT molecular complexity index is 2270. The van der Waals surface area contributed by atoms with Crippen LogP contribution in [0.4, 0.5) is 10.1 Å². The number of aromatic carboxylic acids is 1. The van der Waals surface area contributed by atoms with Crippen molar-refractivity contribution in [1.82, 2.24) is 10.3 Å². The molecule has 0 spiro atoms. The summed E-state index contributed by atoms with van der Waals surface area (Å²) >= 11 is 0. The van der Waals surface area contributed by atoms with Crippen LogP contribution in [0.5, 0.6) is 5.75 Å². The highest BCUT2D eigenvalue weighted by atomic mass is 32.2. The zero-order valence-electron chi connectivity index (χ0n) is 24.7. The van der Waals surface area contributed by atoms with Gasteiger partial charge in [0.1, 0.15) is 34.3 Å². The number of oxazole rings is 1. The molecule has 0 bridgehead atoms. The first-order chi connectivity index (χ1) is 22.0. The molecule has 0 radical (unpaired) electrons. The van der Waals surface area contributed by atoms with Gasteiger partial charge in [-0.2, -0.15) is 0 Å². The molecule has 0 saturated carbocycles. The highest BCUT2D eigenvalue weighted by molar-refractivity contribution is 7.90. The number of amides is 1. The minimum atomic E-state index is -3.46. The van der Waals surface area contributed by atoms with Crippen molar-refractivity contribution < 1.29 is 41.1 Å². The maximum absolute atomic E-state index is 13.7. The number of carbonyl (C=O) groups is 2. The molecule has 4 aromatic carbocycles. The average Bonchev–Trinajstić information content (AvgIpc) is 3.63. The molecule has 0 fully saturated rings. The second kappa shape index (κ2) is 11.7. The number of ether oxygens (including phenoxy) is 1. The maximum Gasteiger partial charge on any atom is 0.335 e. The van der Waals surface area contributed by atoms with Crippen LogP contribution in [0.3, 0.4) is 0 Å². The van der Waals surface area contributed by atoms with Crippen LogP contribution >= 0.6 is 0 Å². The first-order valence-electron chi connectivity index (χ1n) is 13.8. The van der Waals surface area contributed by atoms with Gasteiger partial charge in [0.2, 0.25) is 5.89 Å². The van der Waals surface area contributed by atoms with Gasteiger partial charge < -0.3 is 29.3 Å². The number of hydrogen-bond acceptors (Lipinski definition) is 9. The Kier molecular flexibility index (Phi) is 7.70. The predicted octanol–water partition coefficient (Wildman–Crippen LogP) is 6.19. The fourth-order valence-electron chi connectivity index (χ4n) is 5.11. The van der Waals surface area contributed by atoms with Crippen molar-refractivity contribution in [2.24, 2.45) is 0 Å². The molecule has 2 aromatic heterocycles. The van der Waals surface area contributed by atoms with Gasteiger partial charge in [-0.3, -0.25) is 4.79 Å². The lowest BCUT2D eigenvalue weighted by Crippen LogP contribution is -2.18. The highest BCUT2D eigenvalue weighted by Crippen LogP contribution is 2.42. The van der Waals surface area contributed by atoms with E-state index >= 15 is 0 Å². The number of rotatable bonds is 9. The maximum atomic E-state index is 13.7. The molecule has 0 unspecified atom stereocenters. The molecule has 0 saturated heterocycles. The molecule has 6 rings (SSSR count). The smallest absolute Gasteiger partial charge is 0.335 e. The molecule has 3 N–H and O–H groups in total. The van der Waals surface area contributed by atoms with Gasteiger partial charge in [0, 0.05) is 41.6 Å². The van der Waals surface area contributed by atoms with Crippen LogP contribution in [-0.4, -0.2) is 56.7 Å². The summed E-state index contributed by atoms with van der Waals surface area (Å²) in [7, 11) is -0.497. The molecular weight excluding hydrogens is 617 g/mol. The van der Waals surface area contributed by atoms with Crippen LogP contribution < -0.4 is 15.4 Å². The molecule has 6 aromatic rings. The third-order valence-corrected chi connectivity index (χ3v) is 7.96. The van der Waals surface area contributed by atoms with Crippen molar-refractivity contribution in [2.45, 2.75) is 0 Å². The van der Waals surface area contributed by atoms with Gasteiger partial charge >= 0.3 is 5.97 Å². The summed E-state index contributed by atoms with van der Waals surface area (Å²) in [6.45, 7) is 0. The third kappa shape index (κ3) is 5.75. The summed E-state index contributed by atoms with van der Waals surface area (Å²) in [6, 6.07) is 18.3. The summed E-state index contributed by atoms with van der Waals surface area (Å²) in [5.41, 5.74) is 3.64. The predicted molar refractivity (Wildman–Crippen MR) is 170 cm³/mol. The van der Waals surface area contributed by atoms with E-state index < -0.39 is 27.5 Å². The number of hydrogen-bond donors (Lipinski definition) is 3. The standard InChI is InChI=1S/C33H26FN3O8S/c1-35-31(38)29-22-14-21(24(36-16-46(3,41)42)15-28(22)44-30(29)17-4-8-20(34)9-5-17)18-6-10-26(43-2)23(12-18)32-37-25-13-19(33(39)40)7-11-27(25)45-32/h4-15,36H,16H2,1-3H3,(H,35,38)(H,39,40). The number of carboxylic acids is 1. The number of furan rings is 1. The van der Waals surface area contributed by atoms with Gasteiger partial charge in [0.25, 0.3) is 5.91 Å². The Morgan fingerprint density at radius 1 is 0.935 bits per heavy atom. The second-order valence-electron chi connectivity index (χ2n) is 10.5. The number of halogens is 1. The number of carbonyl (C=O) groups excluding carboxylic acids is 1. The van der Waals surface area contributed by atoms with E-state index in [0.29, 0.717) is 55.8 Å². The lowest BCUT2D eigenvalue weighted by atomic mass is 9.97. The Morgan fingerprint density at radius 2 is 1.67 bits per heavy atom. The number of fused-ring (bicyclic) bond motifs is 2. The first kappa shape index (κ1) is 30.3. The van der Waals surface area contributed by atoms with E-state index in [9.17, 15) is 27.5 Å². The van der Waals surface area contributed by atoms with Crippen LogP contribution in [0.25, 0.3) is 56.0 Å². The van der Waals surface area contributed by atoms with Crippen LogP contribution in [0.2, 0.25) is 0 Å². The Morgan fingerprint density at radius 3 is 2.35 bits per heavy atom. The number of carboxylic acid groups (broad SMARTS) is 1. The monoisotopic (exact) mass is 643 g/mol. The Hall–Kier alpha value is -5.69. The van der Waals surface area contributed by atoms with Gasteiger partial charge in [0.15, 0.2) is 15.4 Å². The van der Waals surface area contributed by atoms with E-state index in [1.54, 1.807) is 30.3 Å². The fourth-order valence-corrected chi connectivity index (χ4v) is 5.53. The number of anilines is 1. The molecule has 0 aliphatic carbocycles.